The van der Waals surface area contributed by atoms with Crippen molar-refractivity contribution in [2.75, 3.05) is 4.81 Å². The zero-order valence-corrected chi connectivity index (χ0v) is 27.0. The molecule has 0 bridgehead atoms. The Kier molecular flexibility index (Phi) is 6.52. The van der Waals surface area contributed by atoms with Crippen molar-refractivity contribution in [3.05, 3.63) is 171 Å². The molecule has 0 amide bonds. The Hall–Kier alpha value is -6.66. The molecule has 232 valence electrons. The van der Waals surface area contributed by atoms with Crippen molar-refractivity contribution < 1.29 is 0 Å². The van der Waals surface area contributed by atoms with Gasteiger partial charge in [-0.3, -0.25) is 19.9 Å². The van der Waals surface area contributed by atoms with E-state index in [-0.39, 0.29) is 6.85 Å². The molecule has 8 aromatic rings. The van der Waals surface area contributed by atoms with Crippen molar-refractivity contribution in [1.82, 2.24) is 19.9 Å². The lowest BCUT2D eigenvalue weighted by atomic mass is 9.43. The van der Waals surface area contributed by atoms with Gasteiger partial charge in [0.25, 0.3) is 0 Å². The van der Waals surface area contributed by atoms with Crippen LogP contribution in [0.4, 0.5) is 11.4 Å². The summed E-state index contributed by atoms with van der Waals surface area (Å²) in [4.78, 5) is 20.7. The summed E-state index contributed by atoms with van der Waals surface area (Å²) in [5.74, 6) is 0. The number of nitrogens with zero attached hydrogens (tertiary/aromatic N) is 5. The number of fused-ring (bicyclic) bond motifs is 11. The average Bonchev–Trinajstić information content (AvgIpc) is 3.21. The van der Waals surface area contributed by atoms with Crippen LogP contribution in [0.3, 0.4) is 0 Å². The number of hydrogen-bond acceptors (Lipinski definition) is 5. The third-order valence-electron chi connectivity index (χ3n) is 9.97. The Morgan fingerprint density at radius 2 is 0.860 bits per heavy atom. The Bertz CT molecular complexity index is 2360. The second-order valence-corrected chi connectivity index (χ2v) is 12.8. The predicted molar refractivity (Wildman–Crippen MR) is 204 cm³/mol. The fourth-order valence-corrected chi connectivity index (χ4v) is 7.60. The van der Waals surface area contributed by atoms with Gasteiger partial charge in [-0.25, -0.2) is 0 Å². The largest absolute Gasteiger partial charge is 0.376 e. The highest BCUT2D eigenvalue weighted by Gasteiger charge is 2.42. The van der Waals surface area contributed by atoms with Gasteiger partial charge in [0, 0.05) is 81.9 Å². The minimum Gasteiger partial charge on any atom is -0.376 e. The predicted octanol–water partition coefficient (Wildman–Crippen LogP) is 8.84. The van der Waals surface area contributed by atoms with Crippen molar-refractivity contribution in [1.29, 1.82) is 0 Å². The Labute approximate surface area is 290 Å². The smallest absolute Gasteiger partial charge is 0.329 e. The van der Waals surface area contributed by atoms with Gasteiger partial charge in [-0.05, 0) is 93.8 Å². The van der Waals surface area contributed by atoms with Gasteiger partial charge in [0.2, 0.25) is 0 Å². The van der Waals surface area contributed by atoms with Crippen LogP contribution >= 0.6 is 0 Å². The summed E-state index contributed by atoms with van der Waals surface area (Å²) in [6.07, 6.45) is 11.2. The highest BCUT2D eigenvalue weighted by Crippen LogP contribution is 2.47. The van der Waals surface area contributed by atoms with Crippen molar-refractivity contribution in [2.24, 2.45) is 0 Å². The fourth-order valence-electron chi connectivity index (χ4n) is 7.60. The summed E-state index contributed by atoms with van der Waals surface area (Å²) >= 11 is 0. The minimum absolute atomic E-state index is 0.0555. The van der Waals surface area contributed by atoms with Crippen LogP contribution in [0, 0.1) is 0 Å². The van der Waals surface area contributed by atoms with Crippen LogP contribution in [0.5, 0.6) is 0 Å². The van der Waals surface area contributed by atoms with Crippen LogP contribution < -0.4 is 15.7 Å². The summed E-state index contributed by atoms with van der Waals surface area (Å²) in [5, 5.41) is 0. The molecular formula is C44H28BN5. The number of benzene rings is 4. The molecule has 0 saturated carbocycles. The topological polar surface area (TPSA) is 54.8 Å². The molecule has 2 aliphatic rings. The molecule has 6 heterocycles. The highest BCUT2D eigenvalue weighted by atomic mass is 15.1. The van der Waals surface area contributed by atoms with Crippen molar-refractivity contribution in [3.8, 4) is 67.0 Å². The Morgan fingerprint density at radius 1 is 0.380 bits per heavy atom. The van der Waals surface area contributed by atoms with Gasteiger partial charge in [0.05, 0.1) is 11.4 Å². The first-order valence-electron chi connectivity index (χ1n) is 16.8. The summed E-state index contributed by atoms with van der Waals surface area (Å²) in [7, 11) is 0. The summed E-state index contributed by atoms with van der Waals surface area (Å²) in [5.41, 5.74) is 18.2. The molecule has 0 spiro atoms. The van der Waals surface area contributed by atoms with Crippen LogP contribution in [0.1, 0.15) is 0 Å². The SMILES string of the molecule is c1cncc(-c2ccc(-c3ccc4c(c3)-c3ccccc3B3c5ccccc5-c5cc(-c6ccc(-c7cccnc7)nc6)ccc5N34)cn2)c1. The molecule has 0 N–H and O–H groups in total. The maximum Gasteiger partial charge on any atom is 0.329 e. The summed E-state index contributed by atoms with van der Waals surface area (Å²) < 4.78 is 0. The molecule has 6 heteroatoms. The summed E-state index contributed by atoms with van der Waals surface area (Å²) in [6.45, 7) is 0.0555. The molecule has 0 saturated heterocycles. The number of anilines is 2. The van der Waals surface area contributed by atoms with Crippen LogP contribution in [-0.2, 0) is 0 Å². The number of aromatic nitrogens is 4. The van der Waals surface area contributed by atoms with E-state index in [1.807, 2.05) is 49.1 Å². The zero-order valence-electron chi connectivity index (χ0n) is 27.0. The minimum atomic E-state index is 0.0555. The number of hydrogen-bond donors (Lipinski definition) is 0. The lowest BCUT2D eigenvalue weighted by molar-refractivity contribution is 1.28. The molecule has 0 radical (unpaired) electrons. The van der Waals surface area contributed by atoms with Crippen LogP contribution in [0.15, 0.2) is 171 Å². The highest BCUT2D eigenvalue weighted by molar-refractivity contribution is 6.92. The fraction of sp³-hybridized carbons (Fsp3) is 0. The first-order chi connectivity index (χ1) is 24.8. The van der Waals surface area contributed by atoms with Gasteiger partial charge >= 0.3 is 6.85 Å². The first kappa shape index (κ1) is 28.4. The van der Waals surface area contributed by atoms with E-state index in [2.05, 4.69) is 124 Å². The van der Waals surface area contributed by atoms with Crippen molar-refractivity contribution in [3.63, 3.8) is 0 Å². The zero-order chi connectivity index (χ0) is 33.0. The first-order valence-corrected chi connectivity index (χ1v) is 16.8. The molecule has 4 aromatic carbocycles. The number of rotatable bonds is 4. The normalized spacial score (nSPS) is 12.3. The van der Waals surface area contributed by atoms with E-state index in [4.69, 9.17) is 9.97 Å². The lowest BCUT2D eigenvalue weighted by Gasteiger charge is -2.43. The molecule has 10 rings (SSSR count). The lowest BCUT2D eigenvalue weighted by Crippen LogP contribution is -2.59. The second-order valence-electron chi connectivity index (χ2n) is 12.8. The Morgan fingerprint density at radius 3 is 1.30 bits per heavy atom. The molecule has 0 fully saturated rings. The van der Waals surface area contributed by atoms with Crippen molar-refractivity contribution >= 4 is 29.1 Å². The van der Waals surface area contributed by atoms with Gasteiger partial charge < -0.3 is 4.81 Å². The van der Waals surface area contributed by atoms with E-state index >= 15 is 0 Å². The standard InChI is InChI=1S/C44H28BN5/c1-3-11-39-35(9-1)37-23-29(31-13-17-41(48-27-31)33-7-5-21-46-25-33)15-19-43(37)50-44-20-16-30(24-38(44)36-10-2-4-12-40(36)45(39)50)32-14-18-42(49-28-32)34-8-6-22-47-26-34/h1-28H. The molecule has 2 aliphatic heterocycles. The van der Waals surface area contributed by atoms with Gasteiger partial charge in [0.1, 0.15) is 0 Å². The average molecular weight is 638 g/mol. The van der Waals surface area contributed by atoms with Gasteiger partial charge in [-0.1, -0.05) is 72.8 Å². The van der Waals surface area contributed by atoms with Gasteiger partial charge in [-0.2, -0.15) is 0 Å². The monoisotopic (exact) mass is 637 g/mol. The van der Waals surface area contributed by atoms with E-state index in [9.17, 15) is 0 Å². The maximum atomic E-state index is 4.80. The van der Waals surface area contributed by atoms with Crippen LogP contribution in [0.2, 0.25) is 0 Å². The summed E-state index contributed by atoms with van der Waals surface area (Å²) in [6, 6.07) is 47.8. The molecule has 5 nitrogen and oxygen atoms in total. The van der Waals surface area contributed by atoms with E-state index in [0.717, 1.165) is 44.8 Å². The van der Waals surface area contributed by atoms with Gasteiger partial charge in [-0.15, -0.1) is 0 Å². The van der Waals surface area contributed by atoms with E-state index < -0.39 is 0 Å². The maximum absolute atomic E-state index is 4.80. The number of pyridine rings is 4. The van der Waals surface area contributed by atoms with Crippen LogP contribution in [0.25, 0.3) is 67.0 Å². The van der Waals surface area contributed by atoms with E-state index in [1.54, 1.807) is 12.4 Å². The van der Waals surface area contributed by atoms with E-state index in [1.165, 1.54) is 44.6 Å². The van der Waals surface area contributed by atoms with E-state index in [0.29, 0.717) is 0 Å². The molecule has 0 unspecified atom stereocenters. The van der Waals surface area contributed by atoms with Gasteiger partial charge in [0.15, 0.2) is 0 Å². The van der Waals surface area contributed by atoms with Crippen LogP contribution in [-0.4, -0.2) is 26.8 Å². The Balaban J connectivity index is 1.09. The second kappa shape index (κ2) is 11.5. The van der Waals surface area contributed by atoms with Crippen molar-refractivity contribution in [2.45, 2.75) is 0 Å². The third kappa shape index (κ3) is 4.57. The molecular weight excluding hydrogens is 609 g/mol. The molecule has 0 atom stereocenters. The third-order valence-corrected chi connectivity index (χ3v) is 9.97. The molecule has 4 aromatic heterocycles. The molecule has 0 aliphatic carbocycles. The quantitative estimate of drug-likeness (QED) is 0.181. The molecule has 50 heavy (non-hydrogen) atoms.